The predicted molar refractivity (Wildman–Crippen MR) is 147 cm³/mol. The first kappa shape index (κ1) is 23.5. The second-order valence-corrected chi connectivity index (χ2v) is 11.9. The van der Waals surface area contributed by atoms with Crippen molar-refractivity contribution in [1.29, 1.82) is 0 Å². The van der Waals surface area contributed by atoms with Gasteiger partial charge in [0.15, 0.2) is 0 Å². The number of benzene rings is 3. The molecule has 3 nitrogen and oxygen atoms in total. The normalized spacial score (nSPS) is 26.4. The zero-order chi connectivity index (χ0) is 24.7. The van der Waals surface area contributed by atoms with Gasteiger partial charge in [-0.15, -0.1) is 0 Å². The monoisotopic (exact) mass is 542 g/mol. The Morgan fingerprint density at radius 1 is 0.944 bits per heavy atom. The second kappa shape index (κ2) is 9.55. The number of carboxylic acids is 1. The quantitative estimate of drug-likeness (QED) is 0.305. The van der Waals surface area contributed by atoms with Crippen molar-refractivity contribution in [1.82, 2.24) is 0 Å². The van der Waals surface area contributed by atoms with Gasteiger partial charge in [0.1, 0.15) is 12.4 Å². The summed E-state index contributed by atoms with van der Waals surface area (Å²) in [4.78, 5) is 10.9. The molecule has 0 saturated heterocycles. The van der Waals surface area contributed by atoms with Crippen LogP contribution in [0.15, 0.2) is 77.3 Å². The van der Waals surface area contributed by atoms with Gasteiger partial charge in [-0.1, -0.05) is 64.5 Å². The molecule has 0 radical (unpaired) electrons. The van der Waals surface area contributed by atoms with Crippen molar-refractivity contribution < 1.29 is 14.6 Å². The first-order valence-corrected chi connectivity index (χ1v) is 13.8. The molecule has 3 aromatic rings. The first-order chi connectivity index (χ1) is 17.5. The van der Waals surface area contributed by atoms with Crippen molar-refractivity contribution >= 4 is 28.0 Å². The number of aliphatic carboxylic acids is 1. The minimum Gasteiger partial charge on any atom is -0.489 e. The molecule has 1 N–H and O–H groups in total. The van der Waals surface area contributed by atoms with Gasteiger partial charge >= 0.3 is 5.97 Å². The molecule has 184 valence electrons. The third-order valence-corrected chi connectivity index (χ3v) is 9.20. The molecule has 0 amide bonds. The van der Waals surface area contributed by atoms with Gasteiger partial charge in [-0.3, -0.25) is 0 Å². The summed E-state index contributed by atoms with van der Waals surface area (Å²) in [6.45, 7) is 0.577. The van der Waals surface area contributed by atoms with E-state index in [-0.39, 0.29) is 5.41 Å². The highest BCUT2D eigenvalue weighted by molar-refractivity contribution is 9.10. The van der Waals surface area contributed by atoms with E-state index in [1.54, 1.807) is 6.08 Å². The lowest BCUT2D eigenvalue weighted by Crippen LogP contribution is -2.48. The first-order valence-electron chi connectivity index (χ1n) is 13.0. The molecule has 4 fully saturated rings. The van der Waals surface area contributed by atoms with Crippen LogP contribution >= 0.6 is 15.9 Å². The summed E-state index contributed by atoms with van der Waals surface area (Å²) in [5.41, 5.74) is 5.93. The topological polar surface area (TPSA) is 46.5 Å². The van der Waals surface area contributed by atoms with Crippen LogP contribution in [0, 0.1) is 17.8 Å². The summed E-state index contributed by atoms with van der Waals surface area (Å²) < 4.78 is 7.49. The van der Waals surface area contributed by atoms with E-state index in [0.29, 0.717) is 6.61 Å². The van der Waals surface area contributed by atoms with E-state index in [9.17, 15) is 4.79 Å². The number of ether oxygens (including phenoxy) is 1. The Bertz CT molecular complexity index is 1270. The van der Waals surface area contributed by atoms with Crippen molar-refractivity contribution in [3.63, 3.8) is 0 Å². The highest BCUT2D eigenvalue weighted by Gasteiger charge is 2.52. The Morgan fingerprint density at radius 3 is 2.28 bits per heavy atom. The molecular formula is C32H31BrO3. The number of carboxylic acid groups (broad SMARTS) is 1. The van der Waals surface area contributed by atoms with E-state index in [4.69, 9.17) is 9.84 Å². The Kier molecular flexibility index (Phi) is 6.25. The van der Waals surface area contributed by atoms with E-state index in [1.807, 2.05) is 18.2 Å². The molecule has 36 heavy (non-hydrogen) atoms. The fraction of sp³-hybridized carbons (Fsp3) is 0.344. The minimum absolute atomic E-state index is 0.216. The summed E-state index contributed by atoms with van der Waals surface area (Å²) in [7, 11) is 0. The maximum absolute atomic E-state index is 10.9. The summed E-state index contributed by atoms with van der Waals surface area (Å²) in [5.74, 6) is 2.65. The van der Waals surface area contributed by atoms with E-state index in [2.05, 4.69) is 64.5 Å². The summed E-state index contributed by atoms with van der Waals surface area (Å²) in [6, 6.07) is 23.2. The lowest BCUT2D eigenvalue weighted by molar-refractivity contribution is -0.131. The summed E-state index contributed by atoms with van der Waals surface area (Å²) in [5, 5.41) is 8.96. The predicted octanol–water partition coefficient (Wildman–Crippen LogP) is 8.26. The van der Waals surface area contributed by atoms with Crippen LogP contribution < -0.4 is 4.74 Å². The van der Waals surface area contributed by atoms with Gasteiger partial charge in [-0.25, -0.2) is 4.79 Å². The van der Waals surface area contributed by atoms with Gasteiger partial charge in [0.25, 0.3) is 0 Å². The zero-order valence-electron chi connectivity index (χ0n) is 20.3. The third kappa shape index (κ3) is 4.64. The summed E-state index contributed by atoms with van der Waals surface area (Å²) in [6.07, 6.45) is 10.9. The molecular weight excluding hydrogens is 512 g/mol. The molecule has 3 aromatic carbocycles. The van der Waals surface area contributed by atoms with E-state index in [1.165, 1.54) is 61.3 Å². The molecule has 4 aliphatic carbocycles. The van der Waals surface area contributed by atoms with Crippen LogP contribution in [0.5, 0.6) is 5.75 Å². The van der Waals surface area contributed by atoms with Crippen molar-refractivity contribution in [2.75, 3.05) is 0 Å². The SMILES string of the molecule is O=C(O)/C=C/c1ccc(-c2ccc(OCc3ccccc3)c(C34CC5CC(CC(C5)C3)C4)c2)c(Br)c1. The van der Waals surface area contributed by atoms with E-state index >= 15 is 0 Å². The smallest absolute Gasteiger partial charge is 0.328 e. The lowest BCUT2D eigenvalue weighted by Gasteiger charge is -2.57. The molecule has 4 saturated carbocycles. The van der Waals surface area contributed by atoms with Crippen molar-refractivity contribution in [2.45, 2.75) is 50.5 Å². The molecule has 4 aliphatic rings. The molecule has 0 aliphatic heterocycles. The highest BCUT2D eigenvalue weighted by Crippen LogP contribution is 2.62. The average molecular weight is 544 g/mol. The van der Waals surface area contributed by atoms with E-state index < -0.39 is 5.97 Å². The molecule has 7 rings (SSSR count). The molecule has 0 aromatic heterocycles. The lowest BCUT2D eigenvalue weighted by atomic mass is 9.48. The Labute approximate surface area is 221 Å². The zero-order valence-corrected chi connectivity index (χ0v) is 21.9. The molecule has 0 spiro atoms. The standard InChI is InChI=1S/C32H31BrO3/c33-29-15-21(7-11-31(34)35)6-9-27(29)26-8-10-30(36-20-22-4-2-1-3-5-22)28(16-26)32-17-23-12-24(18-32)14-25(13-23)19-32/h1-11,15-16,23-25H,12-14,17-20H2,(H,34,35)/b11-7+. The van der Waals surface area contributed by atoms with Crippen molar-refractivity contribution in [3.05, 3.63) is 94.0 Å². The Morgan fingerprint density at radius 2 is 1.64 bits per heavy atom. The fourth-order valence-corrected chi connectivity index (χ4v) is 8.08. The molecule has 0 heterocycles. The van der Waals surface area contributed by atoms with Crippen LogP contribution in [0.1, 0.15) is 55.2 Å². The third-order valence-electron chi connectivity index (χ3n) is 8.55. The molecule has 0 atom stereocenters. The number of carbonyl (C=O) groups is 1. The largest absolute Gasteiger partial charge is 0.489 e. The van der Waals surface area contributed by atoms with E-state index in [0.717, 1.165) is 39.1 Å². The van der Waals surface area contributed by atoms with Gasteiger partial charge < -0.3 is 9.84 Å². The van der Waals surface area contributed by atoms with Gasteiger partial charge in [0.05, 0.1) is 0 Å². The van der Waals surface area contributed by atoms with Crippen LogP contribution in [0.3, 0.4) is 0 Å². The molecule has 0 unspecified atom stereocenters. The van der Waals surface area contributed by atoms with Crippen LogP contribution in [-0.2, 0) is 16.8 Å². The highest BCUT2D eigenvalue weighted by atomic mass is 79.9. The Hall–Kier alpha value is -2.85. The van der Waals surface area contributed by atoms with Crippen molar-refractivity contribution in [3.8, 4) is 16.9 Å². The van der Waals surface area contributed by atoms with Crippen LogP contribution in [-0.4, -0.2) is 11.1 Å². The van der Waals surface area contributed by atoms with Gasteiger partial charge in [-0.2, -0.15) is 0 Å². The number of hydrogen-bond donors (Lipinski definition) is 1. The number of halogens is 1. The van der Waals surface area contributed by atoms with Gasteiger partial charge in [0.2, 0.25) is 0 Å². The van der Waals surface area contributed by atoms with Gasteiger partial charge in [-0.05, 0) is 108 Å². The maximum Gasteiger partial charge on any atom is 0.328 e. The fourth-order valence-electron chi connectivity index (χ4n) is 7.45. The van der Waals surface area contributed by atoms with Crippen LogP contribution in [0.2, 0.25) is 0 Å². The number of hydrogen-bond acceptors (Lipinski definition) is 2. The van der Waals surface area contributed by atoms with Crippen molar-refractivity contribution in [2.24, 2.45) is 17.8 Å². The molecule has 4 heteroatoms. The molecule has 4 bridgehead atoms. The average Bonchev–Trinajstić information content (AvgIpc) is 2.86. The number of rotatable bonds is 7. The minimum atomic E-state index is -0.943. The van der Waals surface area contributed by atoms with Crippen LogP contribution in [0.25, 0.3) is 17.2 Å². The van der Waals surface area contributed by atoms with Gasteiger partial charge in [0, 0.05) is 16.1 Å². The summed E-state index contributed by atoms with van der Waals surface area (Å²) >= 11 is 3.75. The maximum atomic E-state index is 10.9. The van der Waals surface area contributed by atoms with Crippen LogP contribution in [0.4, 0.5) is 0 Å². The second-order valence-electron chi connectivity index (χ2n) is 11.1. The Balaban J connectivity index is 1.38.